The average Bonchev–Trinajstić information content (AvgIpc) is 3.05. The number of amides is 3. The van der Waals surface area contributed by atoms with Crippen LogP contribution in [0.2, 0.25) is 0 Å². The molecule has 2 aliphatic heterocycles. The van der Waals surface area contributed by atoms with E-state index >= 15 is 0 Å². The second-order valence-electron chi connectivity index (χ2n) is 7.14. The minimum Gasteiger partial charge on any atom is -0.450 e. The summed E-state index contributed by atoms with van der Waals surface area (Å²) < 4.78 is 5.01. The Kier molecular flexibility index (Phi) is 5.68. The summed E-state index contributed by atoms with van der Waals surface area (Å²) in [5, 5.41) is 0. The Morgan fingerprint density at radius 1 is 1.11 bits per heavy atom. The SMILES string of the molecule is CCOC(=O)N1CCN(C(=O)C2CC(=O)N(c3cccc(C)c3C)C2)CC1. The van der Waals surface area contributed by atoms with Gasteiger partial charge in [-0.05, 0) is 38.0 Å². The smallest absolute Gasteiger partial charge is 0.409 e. The summed E-state index contributed by atoms with van der Waals surface area (Å²) in [6.45, 7) is 8.44. The molecule has 146 valence electrons. The van der Waals surface area contributed by atoms with Crippen LogP contribution in [0.15, 0.2) is 18.2 Å². The van der Waals surface area contributed by atoms with Crippen LogP contribution in [0.3, 0.4) is 0 Å². The third-order valence-corrected chi connectivity index (χ3v) is 5.46. The lowest BCUT2D eigenvalue weighted by molar-refractivity contribution is -0.137. The summed E-state index contributed by atoms with van der Waals surface area (Å²) in [6.07, 6.45) is -0.0913. The van der Waals surface area contributed by atoms with Crippen molar-refractivity contribution in [3.63, 3.8) is 0 Å². The number of anilines is 1. The molecule has 0 aliphatic carbocycles. The zero-order chi connectivity index (χ0) is 19.6. The second-order valence-corrected chi connectivity index (χ2v) is 7.14. The number of benzene rings is 1. The van der Waals surface area contributed by atoms with E-state index in [4.69, 9.17) is 4.74 Å². The number of hydrogen-bond acceptors (Lipinski definition) is 4. The Bertz CT molecular complexity index is 741. The van der Waals surface area contributed by atoms with E-state index < -0.39 is 0 Å². The van der Waals surface area contributed by atoms with Gasteiger partial charge in [0.1, 0.15) is 0 Å². The van der Waals surface area contributed by atoms with Gasteiger partial charge < -0.3 is 19.4 Å². The highest BCUT2D eigenvalue weighted by Crippen LogP contribution is 2.30. The molecule has 27 heavy (non-hydrogen) atoms. The molecule has 1 atom stereocenters. The van der Waals surface area contributed by atoms with Crippen LogP contribution in [0.25, 0.3) is 0 Å². The zero-order valence-electron chi connectivity index (χ0n) is 16.2. The lowest BCUT2D eigenvalue weighted by Crippen LogP contribution is -2.52. The van der Waals surface area contributed by atoms with Gasteiger partial charge in [-0.25, -0.2) is 4.79 Å². The first-order valence-electron chi connectivity index (χ1n) is 9.49. The van der Waals surface area contributed by atoms with Crippen LogP contribution in [-0.2, 0) is 14.3 Å². The molecule has 1 unspecified atom stereocenters. The molecule has 2 saturated heterocycles. The summed E-state index contributed by atoms with van der Waals surface area (Å²) in [5.41, 5.74) is 3.09. The quantitative estimate of drug-likeness (QED) is 0.812. The molecule has 0 saturated carbocycles. The number of ether oxygens (including phenoxy) is 1. The van der Waals surface area contributed by atoms with Crippen LogP contribution in [0.4, 0.5) is 10.5 Å². The standard InChI is InChI=1S/C20H27N3O4/c1-4-27-20(26)22-10-8-21(9-11-22)19(25)16-12-18(24)23(13-16)17-7-5-6-14(2)15(17)3/h5-7,16H,4,8-13H2,1-3H3. The Labute approximate surface area is 159 Å². The highest BCUT2D eigenvalue weighted by atomic mass is 16.6. The van der Waals surface area contributed by atoms with Crippen molar-refractivity contribution in [3.8, 4) is 0 Å². The maximum Gasteiger partial charge on any atom is 0.409 e. The number of nitrogens with zero attached hydrogens (tertiary/aromatic N) is 3. The van der Waals surface area contributed by atoms with Crippen LogP contribution < -0.4 is 4.90 Å². The number of carbonyl (C=O) groups is 3. The van der Waals surface area contributed by atoms with Crippen molar-refractivity contribution in [2.45, 2.75) is 27.2 Å². The van der Waals surface area contributed by atoms with E-state index in [1.54, 1.807) is 21.6 Å². The molecule has 2 fully saturated rings. The minimum absolute atomic E-state index is 0.000310. The van der Waals surface area contributed by atoms with Gasteiger partial charge in [-0.2, -0.15) is 0 Å². The molecule has 3 amide bonds. The Morgan fingerprint density at radius 3 is 2.44 bits per heavy atom. The van der Waals surface area contributed by atoms with Crippen LogP contribution in [0.1, 0.15) is 24.5 Å². The number of rotatable bonds is 3. The third-order valence-electron chi connectivity index (χ3n) is 5.46. The fraction of sp³-hybridized carbons (Fsp3) is 0.550. The molecule has 2 aliphatic rings. The van der Waals surface area contributed by atoms with E-state index in [9.17, 15) is 14.4 Å². The Morgan fingerprint density at radius 2 is 1.78 bits per heavy atom. The molecule has 0 N–H and O–H groups in total. The van der Waals surface area contributed by atoms with Gasteiger partial charge in [0, 0.05) is 44.8 Å². The highest BCUT2D eigenvalue weighted by Gasteiger charge is 2.38. The molecule has 7 nitrogen and oxygen atoms in total. The molecule has 1 aromatic rings. The van der Waals surface area contributed by atoms with Crippen LogP contribution >= 0.6 is 0 Å². The van der Waals surface area contributed by atoms with E-state index in [-0.39, 0.29) is 30.2 Å². The summed E-state index contributed by atoms with van der Waals surface area (Å²) in [5.74, 6) is -0.335. The number of piperazine rings is 1. The van der Waals surface area contributed by atoms with Gasteiger partial charge in [0.2, 0.25) is 11.8 Å². The van der Waals surface area contributed by atoms with Crippen molar-refractivity contribution >= 4 is 23.6 Å². The monoisotopic (exact) mass is 373 g/mol. The average molecular weight is 373 g/mol. The topological polar surface area (TPSA) is 70.2 Å². The summed E-state index contributed by atoms with van der Waals surface area (Å²) >= 11 is 0. The zero-order valence-corrected chi connectivity index (χ0v) is 16.2. The summed E-state index contributed by atoms with van der Waals surface area (Å²) in [7, 11) is 0. The minimum atomic E-state index is -0.332. The fourth-order valence-corrected chi connectivity index (χ4v) is 3.72. The summed E-state index contributed by atoms with van der Waals surface area (Å²) in [4.78, 5) is 42.3. The van der Waals surface area contributed by atoms with Crippen molar-refractivity contribution in [1.29, 1.82) is 0 Å². The van der Waals surface area contributed by atoms with Crippen LogP contribution in [0.5, 0.6) is 0 Å². The maximum atomic E-state index is 12.9. The normalized spacial score (nSPS) is 20.2. The highest BCUT2D eigenvalue weighted by molar-refractivity contribution is 6.01. The van der Waals surface area contributed by atoms with Gasteiger partial charge in [-0.15, -0.1) is 0 Å². The lowest BCUT2D eigenvalue weighted by atomic mass is 10.1. The van der Waals surface area contributed by atoms with Crippen molar-refractivity contribution in [2.75, 3.05) is 44.2 Å². The number of carbonyl (C=O) groups excluding carboxylic acids is 3. The Hall–Kier alpha value is -2.57. The summed E-state index contributed by atoms with van der Waals surface area (Å²) in [6, 6.07) is 5.89. The van der Waals surface area contributed by atoms with Gasteiger partial charge in [0.05, 0.1) is 12.5 Å². The Balaban J connectivity index is 1.61. The first-order valence-corrected chi connectivity index (χ1v) is 9.49. The molecule has 0 spiro atoms. The van der Waals surface area contributed by atoms with Gasteiger partial charge in [0.15, 0.2) is 0 Å². The van der Waals surface area contributed by atoms with Crippen molar-refractivity contribution in [2.24, 2.45) is 5.92 Å². The van der Waals surface area contributed by atoms with Gasteiger partial charge in [-0.3, -0.25) is 9.59 Å². The number of hydrogen-bond donors (Lipinski definition) is 0. The van der Waals surface area contributed by atoms with Crippen molar-refractivity contribution in [3.05, 3.63) is 29.3 Å². The molecule has 0 bridgehead atoms. The largest absolute Gasteiger partial charge is 0.450 e. The molecule has 7 heteroatoms. The molecule has 3 rings (SSSR count). The van der Waals surface area contributed by atoms with Crippen LogP contribution in [-0.4, -0.2) is 67.0 Å². The van der Waals surface area contributed by atoms with E-state index in [1.165, 1.54) is 0 Å². The van der Waals surface area contributed by atoms with Crippen LogP contribution in [0, 0.1) is 19.8 Å². The van der Waals surface area contributed by atoms with E-state index in [2.05, 4.69) is 0 Å². The predicted molar refractivity (Wildman–Crippen MR) is 102 cm³/mol. The van der Waals surface area contributed by atoms with E-state index in [1.807, 2.05) is 32.0 Å². The maximum absolute atomic E-state index is 12.9. The molecular weight excluding hydrogens is 346 g/mol. The first kappa shape index (κ1) is 19.2. The fourth-order valence-electron chi connectivity index (χ4n) is 3.72. The first-order chi connectivity index (χ1) is 12.9. The third kappa shape index (κ3) is 3.91. The van der Waals surface area contributed by atoms with Crippen molar-refractivity contribution in [1.82, 2.24) is 9.80 Å². The lowest BCUT2D eigenvalue weighted by Gasteiger charge is -2.35. The van der Waals surface area contributed by atoms with Crippen molar-refractivity contribution < 1.29 is 19.1 Å². The molecule has 0 aromatic heterocycles. The van der Waals surface area contributed by atoms with Gasteiger partial charge in [-0.1, -0.05) is 12.1 Å². The molecule has 0 radical (unpaired) electrons. The molecule has 1 aromatic carbocycles. The molecular formula is C20H27N3O4. The predicted octanol–water partition coefficient (Wildman–Crippen LogP) is 1.96. The number of aryl methyl sites for hydroxylation is 1. The van der Waals surface area contributed by atoms with E-state index in [0.717, 1.165) is 16.8 Å². The van der Waals surface area contributed by atoms with E-state index in [0.29, 0.717) is 39.3 Å². The molecule has 2 heterocycles. The van der Waals surface area contributed by atoms with Gasteiger partial charge in [0.25, 0.3) is 0 Å². The second kappa shape index (κ2) is 7.98. The van der Waals surface area contributed by atoms with Gasteiger partial charge >= 0.3 is 6.09 Å².